The van der Waals surface area contributed by atoms with Crippen LogP contribution in [0.4, 0.5) is 4.79 Å². The van der Waals surface area contributed by atoms with Crippen LogP contribution in [0.2, 0.25) is 0 Å². The van der Waals surface area contributed by atoms with Gasteiger partial charge in [0, 0.05) is 25.3 Å². The van der Waals surface area contributed by atoms with Crippen molar-refractivity contribution in [1.82, 2.24) is 30.5 Å². The molecule has 0 saturated carbocycles. The van der Waals surface area contributed by atoms with Crippen LogP contribution >= 0.6 is 24.0 Å². The maximum atomic E-state index is 11.8. The van der Waals surface area contributed by atoms with E-state index in [1.807, 2.05) is 35.7 Å². The van der Waals surface area contributed by atoms with Crippen molar-refractivity contribution in [3.8, 4) is 0 Å². The Morgan fingerprint density at radius 2 is 2.03 bits per heavy atom. The molecule has 3 N–H and O–H groups in total. The van der Waals surface area contributed by atoms with Gasteiger partial charge in [-0.25, -0.2) is 9.79 Å². The van der Waals surface area contributed by atoms with E-state index in [-0.39, 0.29) is 30.0 Å². The lowest BCUT2D eigenvalue weighted by Gasteiger charge is -2.22. The maximum Gasteiger partial charge on any atom is 0.407 e. The number of carbonyl (C=O) groups excluding carboxylic acids is 1. The summed E-state index contributed by atoms with van der Waals surface area (Å²) in [7, 11) is 0. The molecule has 1 unspecified atom stereocenters. The van der Waals surface area contributed by atoms with Crippen LogP contribution in [0.5, 0.6) is 0 Å². The van der Waals surface area contributed by atoms with Crippen LogP contribution in [0.15, 0.2) is 29.4 Å². The number of amides is 1. The minimum Gasteiger partial charge on any atom is -0.450 e. The molecule has 0 aliphatic rings. The molecule has 1 amide bonds. The minimum absolute atomic E-state index is 0. The van der Waals surface area contributed by atoms with Gasteiger partial charge in [0.05, 0.1) is 6.61 Å². The number of pyridine rings is 1. The monoisotopic (exact) mass is 517 g/mol. The second-order valence-corrected chi connectivity index (χ2v) is 6.81. The lowest BCUT2D eigenvalue weighted by Crippen LogP contribution is -2.47. The number of hydrogen-bond donors (Lipinski definition) is 3. The molecule has 0 bridgehead atoms. The summed E-state index contributed by atoms with van der Waals surface area (Å²) in [6.07, 6.45) is 2.36. The summed E-state index contributed by atoms with van der Waals surface area (Å²) in [6, 6.07) is 5.71. The number of ether oxygens (including phenoxy) is 1. The zero-order valence-corrected chi connectivity index (χ0v) is 19.8. The first kappa shape index (κ1) is 24.9. The zero-order chi connectivity index (χ0) is 20.4. The lowest BCUT2D eigenvalue weighted by atomic mass is 10.0. The predicted molar refractivity (Wildman–Crippen MR) is 125 cm³/mol. The number of carbonyl (C=O) groups is 1. The molecular formula is C19H32IN7O2. The van der Waals surface area contributed by atoms with E-state index in [4.69, 9.17) is 4.74 Å². The molecule has 2 heterocycles. The Balaban J connectivity index is 0.00000420. The molecule has 0 fully saturated rings. The molecule has 0 radical (unpaired) electrons. The Bertz CT molecular complexity index is 779. The highest BCUT2D eigenvalue weighted by atomic mass is 127. The number of guanidine groups is 1. The van der Waals surface area contributed by atoms with Gasteiger partial charge in [0.25, 0.3) is 0 Å². The van der Waals surface area contributed by atoms with E-state index in [1.54, 1.807) is 6.92 Å². The number of fused-ring (bicyclic) bond motifs is 1. The largest absolute Gasteiger partial charge is 0.450 e. The summed E-state index contributed by atoms with van der Waals surface area (Å²) in [5, 5.41) is 17.8. The molecule has 0 aliphatic carbocycles. The number of halogens is 1. The predicted octanol–water partition coefficient (Wildman–Crippen LogP) is 2.56. The maximum absolute atomic E-state index is 11.8. The average Bonchev–Trinajstić information content (AvgIpc) is 3.07. The number of hydrogen-bond acceptors (Lipinski definition) is 5. The van der Waals surface area contributed by atoms with Crippen LogP contribution in [0, 0.1) is 5.92 Å². The van der Waals surface area contributed by atoms with Gasteiger partial charge in [-0.2, -0.15) is 0 Å². The number of rotatable bonds is 9. The van der Waals surface area contributed by atoms with Gasteiger partial charge in [0.1, 0.15) is 6.54 Å². The lowest BCUT2D eigenvalue weighted by molar-refractivity contribution is 0.146. The Hall–Kier alpha value is -2.11. The van der Waals surface area contributed by atoms with Crippen LogP contribution in [-0.2, 0) is 11.3 Å². The first-order valence-electron chi connectivity index (χ1n) is 9.77. The highest BCUT2D eigenvalue weighted by molar-refractivity contribution is 14.0. The van der Waals surface area contributed by atoms with Crippen molar-refractivity contribution >= 4 is 41.7 Å². The number of nitrogens with one attached hydrogen (secondary N) is 3. The number of aliphatic imine (C=N–C) groups is 1. The summed E-state index contributed by atoms with van der Waals surface area (Å²) in [5.41, 5.74) is 0.793. The Kier molecular flexibility index (Phi) is 11.3. The molecule has 0 aromatic carbocycles. The molecule has 162 valence electrons. The topological polar surface area (TPSA) is 105 Å². The molecule has 2 aromatic heterocycles. The number of alkyl carbamates (subject to hydrolysis) is 1. The summed E-state index contributed by atoms with van der Waals surface area (Å²) >= 11 is 0. The quantitative estimate of drug-likeness (QED) is 0.268. The van der Waals surface area contributed by atoms with Gasteiger partial charge in [-0.3, -0.25) is 4.40 Å². The molecule has 10 heteroatoms. The molecule has 2 aromatic rings. The Labute approximate surface area is 189 Å². The second kappa shape index (κ2) is 13.2. The zero-order valence-electron chi connectivity index (χ0n) is 17.5. The average molecular weight is 517 g/mol. The van der Waals surface area contributed by atoms with Crippen molar-refractivity contribution in [3.05, 3.63) is 30.2 Å². The second-order valence-electron chi connectivity index (χ2n) is 6.81. The van der Waals surface area contributed by atoms with Gasteiger partial charge in [-0.1, -0.05) is 19.9 Å². The summed E-state index contributed by atoms with van der Waals surface area (Å²) in [6.45, 7) is 10.1. The van der Waals surface area contributed by atoms with Crippen LogP contribution in [-0.4, -0.2) is 52.4 Å². The van der Waals surface area contributed by atoms with Gasteiger partial charge >= 0.3 is 6.09 Å². The van der Waals surface area contributed by atoms with Crippen molar-refractivity contribution in [1.29, 1.82) is 0 Å². The minimum atomic E-state index is -0.396. The fraction of sp³-hybridized carbons (Fsp3) is 0.579. The van der Waals surface area contributed by atoms with E-state index in [2.05, 4.69) is 45.0 Å². The van der Waals surface area contributed by atoms with Crippen LogP contribution in [0.3, 0.4) is 0 Å². The van der Waals surface area contributed by atoms with Crippen LogP contribution < -0.4 is 16.0 Å². The van der Waals surface area contributed by atoms with E-state index in [9.17, 15) is 4.79 Å². The molecule has 29 heavy (non-hydrogen) atoms. The molecule has 0 saturated heterocycles. The van der Waals surface area contributed by atoms with Crippen LogP contribution in [0.1, 0.15) is 39.9 Å². The molecule has 1 atom stereocenters. The number of nitrogens with zero attached hydrogens (tertiary/aromatic N) is 4. The first-order valence-corrected chi connectivity index (χ1v) is 9.77. The van der Waals surface area contributed by atoms with Gasteiger partial charge < -0.3 is 20.7 Å². The third-order valence-corrected chi connectivity index (χ3v) is 3.98. The van der Waals surface area contributed by atoms with Gasteiger partial charge in [0.2, 0.25) is 0 Å². The molecule has 0 aliphatic heterocycles. The van der Waals surface area contributed by atoms with Crippen molar-refractivity contribution in [2.75, 3.05) is 19.7 Å². The molecule has 2 rings (SSSR count). The van der Waals surface area contributed by atoms with E-state index in [0.29, 0.717) is 31.6 Å². The fourth-order valence-corrected chi connectivity index (χ4v) is 2.81. The normalized spacial score (nSPS) is 12.4. The standard InChI is InChI=1S/C19H31N7O2.HI/c1-5-20-18(21-12-15(11-14(3)4)23-19(27)28-6-2)22-13-17-25-24-16-9-7-8-10-26(16)17;/h7-10,14-15H,5-6,11-13H2,1-4H3,(H,23,27)(H2,20,21,22);1H. The number of aromatic nitrogens is 3. The van der Waals surface area contributed by atoms with Crippen LogP contribution in [0.25, 0.3) is 5.65 Å². The van der Waals surface area contributed by atoms with Gasteiger partial charge in [0.15, 0.2) is 17.4 Å². The highest BCUT2D eigenvalue weighted by Gasteiger charge is 2.15. The smallest absolute Gasteiger partial charge is 0.407 e. The summed E-state index contributed by atoms with van der Waals surface area (Å²) < 4.78 is 6.92. The van der Waals surface area contributed by atoms with Crippen molar-refractivity contribution < 1.29 is 9.53 Å². The third-order valence-electron chi connectivity index (χ3n) is 3.98. The van der Waals surface area contributed by atoms with E-state index >= 15 is 0 Å². The summed E-state index contributed by atoms with van der Waals surface area (Å²) in [5.74, 6) is 1.86. The van der Waals surface area contributed by atoms with Gasteiger partial charge in [-0.15, -0.1) is 34.2 Å². The van der Waals surface area contributed by atoms with Crippen molar-refractivity contribution in [2.45, 2.75) is 46.7 Å². The first-order chi connectivity index (χ1) is 13.5. The van der Waals surface area contributed by atoms with Crippen molar-refractivity contribution in [3.63, 3.8) is 0 Å². The fourth-order valence-electron chi connectivity index (χ4n) is 2.81. The highest BCUT2D eigenvalue weighted by Crippen LogP contribution is 2.05. The van der Waals surface area contributed by atoms with Crippen molar-refractivity contribution in [2.24, 2.45) is 10.9 Å². The third kappa shape index (κ3) is 8.42. The molecular weight excluding hydrogens is 485 g/mol. The van der Waals surface area contributed by atoms with E-state index in [1.165, 1.54) is 0 Å². The summed E-state index contributed by atoms with van der Waals surface area (Å²) in [4.78, 5) is 16.4. The van der Waals surface area contributed by atoms with Gasteiger partial charge in [-0.05, 0) is 38.3 Å². The Morgan fingerprint density at radius 3 is 2.72 bits per heavy atom. The van der Waals surface area contributed by atoms with E-state index in [0.717, 1.165) is 24.4 Å². The molecule has 0 spiro atoms. The SMILES string of the molecule is CCNC(=NCc1nnc2ccccn12)NCC(CC(C)C)NC(=O)OCC.I. The Morgan fingerprint density at radius 1 is 1.24 bits per heavy atom. The molecule has 9 nitrogen and oxygen atoms in total. The van der Waals surface area contributed by atoms with E-state index < -0.39 is 6.09 Å².